The Morgan fingerprint density at radius 2 is 1.74 bits per heavy atom. The fourth-order valence-corrected chi connectivity index (χ4v) is 5.75. The van der Waals surface area contributed by atoms with Crippen molar-refractivity contribution in [2.45, 2.75) is 66.3 Å². The average Bonchev–Trinajstić information content (AvgIpc) is 3.30. The maximum atomic E-state index is 13.4. The predicted octanol–water partition coefficient (Wildman–Crippen LogP) is 6.82. The number of carbonyl (C=O) groups excluding carboxylic acids is 1. The number of allylic oxidation sites excluding steroid dienone is 1. The Hall–Kier alpha value is -3.29. The first kappa shape index (κ1) is 30.3. The summed E-state index contributed by atoms with van der Waals surface area (Å²) in [5.41, 5.74) is 9.50. The summed E-state index contributed by atoms with van der Waals surface area (Å²) in [6, 6.07) is 19.9. The highest BCUT2D eigenvalue weighted by Crippen LogP contribution is 2.44. The molecule has 0 saturated heterocycles. The predicted molar refractivity (Wildman–Crippen MR) is 158 cm³/mol. The van der Waals surface area contributed by atoms with Crippen LogP contribution in [0.15, 0.2) is 72.6 Å². The molecule has 1 aromatic heterocycles. The summed E-state index contributed by atoms with van der Waals surface area (Å²) in [6.45, 7) is 10.2. The number of benzene rings is 2. The third-order valence-electron chi connectivity index (χ3n) is 6.89. The first-order chi connectivity index (χ1) is 18.7. The minimum atomic E-state index is -0.744. The molecule has 39 heavy (non-hydrogen) atoms. The molecule has 0 aliphatic carbocycles. The molecule has 0 bridgehead atoms. The normalized spacial score (nSPS) is 12.7. The van der Waals surface area contributed by atoms with Crippen molar-refractivity contribution in [2.24, 2.45) is 11.1 Å². The van der Waals surface area contributed by atoms with Gasteiger partial charge in [-0.3, -0.25) is 4.79 Å². The average molecular weight is 551 g/mol. The Morgan fingerprint density at radius 3 is 2.41 bits per heavy atom. The second-order valence-corrected chi connectivity index (χ2v) is 11.5. The number of aryl methyl sites for hydroxylation is 1. The first-order valence-electron chi connectivity index (χ1n) is 13.4. The number of nitrogens with two attached hydrogens (primary N) is 1. The van der Waals surface area contributed by atoms with Crippen molar-refractivity contribution in [3.8, 4) is 5.75 Å². The summed E-state index contributed by atoms with van der Waals surface area (Å²) in [4.78, 5) is 15.8. The third kappa shape index (κ3) is 8.87. The monoisotopic (exact) mass is 550 g/mol. The molecule has 3 aromatic rings. The van der Waals surface area contributed by atoms with Crippen molar-refractivity contribution in [3.05, 3.63) is 99.0 Å². The fraction of sp³-hybridized carbons (Fsp3) is 0.406. The van der Waals surface area contributed by atoms with Gasteiger partial charge >= 0.3 is 5.97 Å². The smallest absolute Gasteiger partial charge is 0.312 e. The fourth-order valence-electron chi connectivity index (χ4n) is 4.39. The summed E-state index contributed by atoms with van der Waals surface area (Å²) >= 11 is 1.72. The molecule has 1 heterocycles. The lowest BCUT2D eigenvalue weighted by molar-refractivity contribution is -0.156. The lowest BCUT2D eigenvalue weighted by Gasteiger charge is -2.32. The zero-order chi connectivity index (χ0) is 28.3. The van der Waals surface area contributed by atoms with E-state index in [1.54, 1.807) is 18.4 Å². The van der Waals surface area contributed by atoms with Crippen LogP contribution in [0.4, 0.5) is 0 Å². The zero-order valence-corrected chi connectivity index (χ0v) is 24.6. The molecule has 7 heteroatoms. The van der Waals surface area contributed by atoms with E-state index in [-0.39, 0.29) is 18.5 Å². The highest BCUT2D eigenvalue weighted by molar-refractivity contribution is 7.12. The van der Waals surface area contributed by atoms with Crippen LogP contribution in [0, 0.1) is 12.3 Å². The lowest BCUT2D eigenvalue weighted by Crippen LogP contribution is -2.33. The van der Waals surface area contributed by atoms with Crippen LogP contribution in [0.25, 0.3) is 0 Å². The van der Waals surface area contributed by atoms with Crippen molar-refractivity contribution < 1.29 is 19.0 Å². The third-order valence-corrected chi connectivity index (χ3v) is 8.10. The van der Waals surface area contributed by atoms with E-state index in [1.807, 2.05) is 81.6 Å². The second kappa shape index (κ2) is 14.8. The van der Waals surface area contributed by atoms with E-state index in [0.717, 1.165) is 46.0 Å². The molecule has 0 saturated carbocycles. The van der Waals surface area contributed by atoms with E-state index in [0.29, 0.717) is 19.6 Å². The molecule has 0 fully saturated rings. The number of hydrogen-bond donors (Lipinski definition) is 2. The van der Waals surface area contributed by atoms with Crippen LogP contribution < -0.4 is 15.8 Å². The van der Waals surface area contributed by atoms with Crippen molar-refractivity contribution >= 4 is 17.3 Å². The van der Waals surface area contributed by atoms with Gasteiger partial charge in [-0.05, 0) is 75.4 Å². The van der Waals surface area contributed by atoms with Crippen LogP contribution in [0.3, 0.4) is 0 Å². The minimum Gasteiger partial charge on any atom is -0.497 e. The molecule has 0 amide bonds. The number of methoxy groups -OCH3 is 1. The van der Waals surface area contributed by atoms with E-state index in [1.165, 1.54) is 4.88 Å². The van der Waals surface area contributed by atoms with Gasteiger partial charge in [-0.15, -0.1) is 11.3 Å². The Kier molecular flexibility index (Phi) is 11.4. The van der Waals surface area contributed by atoms with Crippen molar-refractivity contribution in [3.63, 3.8) is 0 Å². The molecule has 2 aromatic carbocycles. The Bertz CT molecular complexity index is 1200. The second-order valence-electron chi connectivity index (χ2n) is 10.2. The van der Waals surface area contributed by atoms with Crippen LogP contribution in [-0.2, 0) is 34.1 Å². The number of esters is 1. The van der Waals surface area contributed by atoms with Crippen molar-refractivity contribution in [1.82, 2.24) is 5.32 Å². The van der Waals surface area contributed by atoms with E-state index in [2.05, 4.69) is 18.3 Å². The largest absolute Gasteiger partial charge is 0.497 e. The van der Waals surface area contributed by atoms with E-state index in [9.17, 15) is 4.79 Å². The first-order valence-corrected chi connectivity index (χ1v) is 14.2. The van der Waals surface area contributed by atoms with Gasteiger partial charge in [-0.2, -0.15) is 0 Å². The number of nitrogens with one attached hydrogen (secondary N) is 1. The molecule has 0 aliphatic heterocycles. The SMILES string of the molecule is CCN/C=C(\N)CC[C@@H](c1cc(COCc2ccc(OC)cc2)c(C)s1)C(C)(C)C(=O)OCc1ccccc1. The van der Waals surface area contributed by atoms with Crippen molar-refractivity contribution in [1.29, 1.82) is 0 Å². The summed E-state index contributed by atoms with van der Waals surface area (Å²) in [7, 11) is 1.66. The summed E-state index contributed by atoms with van der Waals surface area (Å²) in [6.07, 6.45) is 3.26. The maximum Gasteiger partial charge on any atom is 0.312 e. The Balaban J connectivity index is 1.74. The molecular formula is C32H42N2O4S. The molecular weight excluding hydrogens is 508 g/mol. The molecule has 0 spiro atoms. The molecule has 3 rings (SSSR count). The van der Waals surface area contributed by atoms with Crippen LogP contribution >= 0.6 is 11.3 Å². The Labute approximate surface area is 237 Å². The van der Waals surface area contributed by atoms with Crippen LogP contribution in [0.1, 0.15) is 66.0 Å². The highest BCUT2D eigenvalue weighted by Gasteiger charge is 2.40. The summed E-state index contributed by atoms with van der Waals surface area (Å²) in [5, 5.41) is 3.17. The van der Waals surface area contributed by atoms with Gasteiger partial charge in [0.1, 0.15) is 12.4 Å². The Morgan fingerprint density at radius 1 is 1.05 bits per heavy atom. The zero-order valence-electron chi connectivity index (χ0n) is 23.8. The lowest BCUT2D eigenvalue weighted by atomic mass is 9.75. The topological polar surface area (TPSA) is 82.8 Å². The van der Waals surface area contributed by atoms with Crippen LogP contribution in [0.5, 0.6) is 5.75 Å². The van der Waals surface area contributed by atoms with Gasteiger partial charge in [0.05, 0.1) is 25.7 Å². The number of thiophene rings is 1. The molecule has 0 aliphatic rings. The van der Waals surface area contributed by atoms with Crippen LogP contribution in [-0.4, -0.2) is 19.6 Å². The van der Waals surface area contributed by atoms with E-state index < -0.39 is 5.41 Å². The summed E-state index contributed by atoms with van der Waals surface area (Å²) in [5.74, 6) is 0.552. The molecule has 0 unspecified atom stereocenters. The van der Waals surface area contributed by atoms with Gasteiger partial charge in [0.15, 0.2) is 0 Å². The molecule has 6 nitrogen and oxygen atoms in total. The van der Waals surface area contributed by atoms with Gasteiger partial charge in [-0.1, -0.05) is 42.5 Å². The van der Waals surface area contributed by atoms with Gasteiger partial charge in [-0.25, -0.2) is 0 Å². The maximum absolute atomic E-state index is 13.4. The molecule has 3 N–H and O–H groups in total. The highest BCUT2D eigenvalue weighted by atomic mass is 32.1. The van der Waals surface area contributed by atoms with E-state index in [4.69, 9.17) is 19.9 Å². The number of ether oxygens (including phenoxy) is 3. The van der Waals surface area contributed by atoms with Gasteiger partial charge < -0.3 is 25.3 Å². The standard InChI is InChI=1S/C32H42N2O4S/c1-6-34-19-27(33)14-17-29(32(3,4)31(35)38-21-24-10-8-7-9-11-24)30-18-26(23(2)39-30)22-37-20-25-12-15-28(36-5)16-13-25/h7-13,15-16,18-19,29,34H,6,14,17,20-22,33H2,1-5H3/b27-19-/t29-/m0/s1. The number of carbonyl (C=O) groups is 1. The minimum absolute atomic E-state index is 0.0617. The van der Waals surface area contributed by atoms with Crippen LogP contribution in [0.2, 0.25) is 0 Å². The van der Waals surface area contributed by atoms with Gasteiger partial charge in [0.25, 0.3) is 0 Å². The van der Waals surface area contributed by atoms with Gasteiger partial charge in [0, 0.05) is 34.1 Å². The molecule has 1 atom stereocenters. The molecule has 0 radical (unpaired) electrons. The summed E-state index contributed by atoms with van der Waals surface area (Å²) < 4.78 is 17.1. The number of hydrogen-bond acceptors (Lipinski definition) is 7. The molecule has 210 valence electrons. The number of rotatable bonds is 15. The van der Waals surface area contributed by atoms with Crippen molar-refractivity contribution in [2.75, 3.05) is 13.7 Å². The quantitative estimate of drug-likeness (QED) is 0.202. The van der Waals surface area contributed by atoms with E-state index >= 15 is 0 Å². The van der Waals surface area contributed by atoms with Gasteiger partial charge in [0.2, 0.25) is 0 Å².